The summed E-state index contributed by atoms with van der Waals surface area (Å²) in [5, 5.41) is 3.09. The van der Waals surface area contributed by atoms with Crippen molar-refractivity contribution < 1.29 is 0 Å². The minimum atomic E-state index is 1.13. The molecule has 0 aromatic rings. The number of rotatable bonds is 5. The summed E-state index contributed by atoms with van der Waals surface area (Å²) < 4.78 is 0. The van der Waals surface area contributed by atoms with Crippen LogP contribution >= 0.6 is 0 Å². The number of hydrogen-bond donors (Lipinski definition) is 1. The Hall–Kier alpha value is -0.300. The minimum Gasteiger partial charge on any atom is -0.320 e. The fourth-order valence-corrected chi connectivity index (χ4v) is 0.590. The molecule has 1 N–H and O–H groups in total. The molecule has 0 spiro atoms. The van der Waals surface area contributed by atoms with E-state index in [1.165, 1.54) is 19.3 Å². The molecule has 0 saturated carbocycles. The molecule has 0 amide bonds. The largest absolute Gasteiger partial charge is 0.320 e. The van der Waals surface area contributed by atoms with E-state index < -0.39 is 0 Å². The Morgan fingerprint density at radius 3 is 2.18 bits per heavy atom. The Labute approximate surface area is 71.9 Å². The van der Waals surface area contributed by atoms with E-state index in [0.29, 0.717) is 0 Å². The SMILES string of the molecule is C=CCCCCNC.CCC. The molecule has 0 aromatic carbocycles. The van der Waals surface area contributed by atoms with Crippen LogP contribution in [-0.2, 0) is 0 Å². The van der Waals surface area contributed by atoms with Crippen molar-refractivity contribution in [1.29, 1.82) is 0 Å². The van der Waals surface area contributed by atoms with Gasteiger partial charge in [0.05, 0.1) is 0 Å². The van der Waals surface area contributed by atoms with Gasteiger partial charge < -0.3 is 5.32 Å². The van der Waals surface area contributed by atoms with Crippen molar-refractivity contribution in [2.24, 2.45) is 0 Å². The third-order valence-corrected chi connectivity index (χ3v) is 1.09. The van der Waals surface area contributed by atoms with Crippen LogP contribution in [0, 0.1) is 0 Å². The lowest BCUT2D eigenvalue weighted by Crippen LogP contribution is -2.06. The Kier molecular flexibility index (Phi) is 19.8. The van der Waals surface area contributed by atoms with Gasteiger partial charge in [0.2, 0.25) is 0 Å². The lowest BCUT2D eigenvalue weighted by atomic mass is 10.2. The summed E-state index contributed by atoms with van der Waals surface area (Å²) in [6.45, 7) is 9.02. The van der Waals surface area contributed by atoms with Crippen LogP contribution in [0.15, 0.2) is 12.7 Å². The minimum absolute atomic E-state index is 1.13. The van der Waals surface area contributed by atoms with Crippen molar-refractivity contribution in [2.75, 3.05) is 13.6 Å². The van der Waals surface area contributed by atoms with Gasteiger partial charge in [-0.2, -0.15) is 0 Å². The second kappa shape index (κ2) is 16.4. The highest BCUT2D eigenvalue weighted by molar-refractivity contribution is 4.65. The van der Waals surface area contributed by atoms with Gasteiger partial charge in [0, 0.05) is 0 Å². The molecule has 0 saturated heterocycles. The van der Waals surface area contributed by atoms with Crippen LogP contribution in [0.25, 0.3) is 0 Å². The molecule has 0 unspecified atom stereocenters. The van der Waals surface area contributed by atoms with Gasteiger partial charge in [-0.1, -0.05) is 26.3 Å². The van der Waals surface area contributed by atoms with Crippen molar-refractivity contribution in [2.45, 2.75) is 39.5 Å². The van der Waals surface area contributed by atoms with Crippen LogP contribution in [0.3, 0.4) is 0 Å². The zero-order valence-electron chi connectivity index (χ0n) is 8.32. The van der Waals surface area contributed by atoms with Crippen molar-refractivity contribution in [3.63, 3.8) is 0 Å². The lowest BCUT2D eigenvalue weighted by molar-refractivity contribution is 0.685. The fraction of sp³-hybridized carbons (Fsp3) is 0.800. The summed E-state index contributed by atoms with van der Waals surface area (Å²) in [7, 11) is 1.98. The van der Waals surface area contributed by atoms with Crippen molar-refractivity contribution in [3.05, 3.63) is 12.7 Å². The van der Waals surface area contributed by atoms with Gasteiger partial charge in [-0.05, 0) is 32.9 Å². The molecular formula is C10H23N. The van der Waals surface area contributed by atoms with Gasteiger partial charge >= 0.3 is 0 Å². The normalized spacial score (nSPS) is 8.27. The molecule has 0 atom stereocenters. The monoisotopic (exact) mass is 157 g/mol. The molecule has 0 aliphatic rings. The molecule has 0 rings (SSSR count). The van der Waals surface area contributed by atoms with E-state index in [1.54, 1.807) is 0 Å². The molecule has 1 nitrogen and oxygen atoms in total. The third-order valence-electron chi connectivity index (χ3n) is 1.09. The molecule has 1 heteroatoms. The van der Waals surface area contributed by atoms with Gasteiger partial charge in [0.25, 0.3) is 0 Å². The molecular weight excluding hydrogens is 134 g/mol. The molecule has 0 radical (unpaired) electrons. The standard InChI is InChI=1S/C7H15N.C3H8/c1-3-4-5-6-7-8-2;1-3-2/h3,8H,1,4-7H2,2H3;3H2,1-2H3. The maximum Gasteiger partial charge on any atom is -0.00518 e. The van der Waals surface area contributed by atoms with E-state index in [-0.39, 0.29) is 0 Å². The molecule has 11 heavy (non-hydrogen) atoms. The first-order valence-corrected chi connectivity index (χ1v) is 4.58. The van der Waals surface area contributed by atoms with Gasteiger partial charge in [-0.25, -0.2) is 0 Å². The first kappa shape index (κ1) is 13.3. The number of hydrogen-bond acceptors (Lipinski definition) is 1. The Bertz CT molecular complexity index is 59.9. The lowest BCUT2D eigenvalue weighted by Gasteiger charge is -1.93. The Morgan fingerprint density at radius 2 is 1.82 bits per heavy atom. The summed E-state index contributed by atoms with van der Waals surface area (Å²) >= 11 is 0. The van der Waals surface area contributed by atoms with Crippen LogP contribution in [0.5, 0.6) is 0 Å². The first-order valence-electron chi connectivity index (χ1n) is 4.58. The van der Waals surface area contributed by atoms with E-state index in [4.69, 9.17) is 0 Å². The second-order valence-electron chi connectivity index (χ2n) is 2.60. The zero-order valence-corrected chi connectivity index (χ0v) is 8.32. The molecule has 0 heterocycles. The van der Waals surface area contributed by atoms with Gasteiger partial charge in [0.15, 0.2) is 0 Å². The molecule has 0 bridgehead atoms. The Morgan fingerprint density at radius 1 is 1.27 bits per heavy atom. The van der Waals surface area contributed by atoms with Crippen LogP contribution in [-0.4, -0.2) is 13.6 Å². The van der Waals surface area contributed by atoms with E-state index in [1.807, 2.05) is 13.1 Å². The molecule has 68 valence electrons. The van der Waals surface area contributed by atoms with Gasteiger partial charge in [-0.15, -0.1) is 6.58 Å². The van der Waals surface area contributed by atoms with Crippen LogP contribution in [0.2, 0.25) is 0 Å². The van der Waals surface area contributed by atoms with E-state index >= 15 is 0 Å². The summed E-state index contributed by atoms with van der Waals surface area (Å²) in [5.74, 6) is 0. The van der Waals surface area contributed by atoms with Crippen molar-refractivity contribution in [1.82, 2.24) is 5.32 Å². The van der Waals surface area contributed by atoms with Crippen LogP contribution in [0.1, 0.15) is 39.5 Å². The molecule has 0 fully saturated rings. The summed E-state index contributed by atoms with van der Waals surface area (Å²) in [5.41, 5.74) is 0. The summed E-state index contributed by atoms with van der Waals surface area (Å²) in [6, 6.07) is 0. The van der Waals surface area contributed by atoms with Crippen molar-refractivity contribution >= 4 is 0 Å². The van der Waals surface area contributed by atoms with Gasteiger partial charge in [0.1, 0.15) is 0 Å². The summed E-state index contributed by atoms with van der Waals surface area (Å²) in [4.78, 5) is 0. The maximum absolute atomic E-state index is 3.64. The first-order chi connectivity index (χ1) is 5.33. The second-order valence-corrected chi connectivity index (χ2v) is 2.60. The van der Waals surface area contributed by atoms with Crippen molar-refractivity contribution in [3.8, 4) is 0 Å². The predicted octanol–water partition coefficient (Wildman–Crippen LogP) is 2.98. The highest BCUT2D eigenvalue weighted by Crippen LogP contribution is 1.92. The zero-order chi connectivity index (χ0) is 8.95. The quantitative estimate of drug-likeness (QED) is 0.478. The fourth-order valence-electron chi connectivity index (χ4n) is 0.590. The molecule has 0 aromatic heterocycles. The van der Waals surface area contributed by atoms with E-state index in [0.717, 1.165) is 13.0 Å². The average Bonchev–Trinajstić information content (AvgIpc) is 2.00. The number of allylic oxidation sites excluding steroid dienone is 1. The topological polar surface area (TPSA) is 12.0 Å². The smallest absolute Gasteiger partial charge is 0.00518 e. The third kappa shape index (κ3) is 26.0. The van der Waals surface area contributed by atoms with E-state index in [2.05, 4.69) is 25.7 Å². The van der Waals surface area contributed by atoms with Gasteiger partial charge in [-0.3, -0.25) is 0 Å². The number of nitrogens with one attached hydrogen (secondary N) is 1. The van der Waals surface area contributed by atoms with Crippen LogP contribution < -0.4 is 5.32 Å². The number of unbranched alkanes of at least 4 members (excludes halogenated alkanes) is 2. The Balaban J connectivity index is 0. The maximum atomic E-state index is 3.64. The molecule has 0 aliphatic heterocycles. The molecule has 0 aliphatic carbocycles. The average molecular weight is 157 g/mol. The highest BCUT2D eigenvalue weighted by atomic mass is 14.8. The predicted molar refractivity (Wildman–Crippen MR) is 53.9 cm³/mol. The van der Waals surface area contributed by atoms with Crippen LogP contribution in [0.4, 0.5) is 0 Å². The highest BCUT2D eigenvalue weighted by Gasteiger charge is 1.80. The van der Waals surface area contributed by atoms with E-state index in [9.17, 15) is 0 Å². The summed E-state index contributed by atoms with van der Waals surface area (Å²) in [6.07, 6.45) is 6.91.